The minimum atomic E-state index is -0.294. The number of amides is 2. The molecule has 1 aromatic heterocycles. The zero-order valence-corrected chi connectivity index (χ0v) is 16.2. The molecular formula is C20H24ClFN4O. The van der Waals surface area contributed by atoms with Gasteiger partial charge in [0.15, 0.2) is 0 Å². The van der Waals surface area contributed by atoms with Gasteiger partial charge in [0.2, 0.25) is 0 Å². The highest BCUT2D eigenvalue weighted by Crippen LogP contribution is 2.29. The van der Waals surface area contributed by atoms with Crippen molar-refractivity contribution in [2.45, 2.75) is 51.6 Å². The molecule has 2 aromatic rings. The molecular weight excluding hydrogens is 367 g/mol. The summed E-state index contributed by atoms with van der Waals surface area (Å²) in [6, 6.07) is 4.29. The van der Waals surface area contributed by atoms with Crippen molar-refractivity contribution in [3.8, 4) is 0 Å². The zero-order valence-electron chi connectivity index (χ0n) is 15.5. The van der Waals surface area contributed by atoms with E-state index in [9.17, 15) is 9.18 Å². The fourth-order valence-electron chi connectivity index (χ4n) is 3.43. The van der Waals surface area contributed by atoms with Crippen molar-refractivity contribution < 1.29 is 9.18 Å². The molecule has 5 nitrogen and oxygen atoms in total. The third-order valence-electron chi connectivity index (χ3n) is 4.92. The lowest BCUT2D eigenvalue weighted by molar-refractivity contribution is 0.242. The van der Waals surface area contributed by atoms with Gasteiger partial charge in [-0.15, -0.1) is 0 Å². The van der Waals surface area contributed by atoms with Crippen molar-refractivity contribution in [3.05, 3.63) is 52.6 Å². The number of rotatable bonds is 4. The van der Waals surface area contributed by atoms with E-state index in [1.807, 2.05) is 6.92 Å². The topological polar surface area (TPSA) is 66.1 Å². The molecule has 2 unspecified atom stereocenters. The van der Waals surface area contributed by atoms with Crippen LogP contribution in [0.3, 0.4) is 0 Å². The number of urea groups is 1. The molecule has 1 aliphatic carbocycles. The van der Waals surface area contributed by atoms with Gasteiger partial charge in [0.25, 0.3) is 0 Å². The van der Waals surface area contributed by atoms with Crippen LogP contribution in [-0.2, 0) is 0 Å². The molecule has 0 spiro atoms. The second-order valence-corrected chi connectivity index (χ2v) is 7.42. The highest BCUT2D eigenvalue weighted by molar-refractivity contribution is 6.33. The lowest BCUT2D eigenvalue weighted by Gasteiger charge is -2.34. The maximum Gasteiger partial charge on any atom is 0.319 e. The molecule has 2 atom stereocenters. The molecule has 3 rings (SSSR count). The maximum absolute atomic E-state index is 13.4. The Balaban J connectivity index is 1.66. The number of hydrogen-bond acceptors (Lipinski definition) is 3. The Labute approximate surface area is 163 Å². The van der Waals surface area contributed by atoms with Crippen molar-refractivity contribution in [1.29, 1.82) is 0 Å². The normalized spacial score (nSPS) is 19.4. The Bertz CT molecular complexity index is 809. The fourth-order valence-corrected chi connectivity index (χ4v) is 3.69. The number of aromatic nitrogens is 1. The Morgan fingerprint density at radius 1 is 1.15 bits per heavy atom. The Kier molecular flexibility index (Phi) is 6.16. The summed E-state index contributed by atoms with van der Waals surface area (Å²) in [5.41, 5.74) is 2.89. The molecule has 144 valence electrons. The van der Waals surface area contributed by atoms with E-state index in [2.05, 4.69) is 20.9 Å². The summed E-state index contributed by atoms with van der Waals surface area (Å²) in [6.07, 6.45) is 7.36. The van der Waals surface area contributed by atoms with Gasteiger partial charge in [0.05, 0.1) is 16.8 Å². The summed E-state index contributed by atoms with van der Waals surface area (Å²) in [5, 5.41) is 9.89. The largest absolute Gasteiger partial charge is 0.379 e. The standard InChI is InChI=1S/C20H24ClFN4O/c1-12-9-14(7-8-16(12)22)24-20(27)26-18-6-4-3-5-17(18)25-19-13(2)10-23-11-15(19)21/h7-11,17-18H,3-6H2,1-2H3,(H,23,25)(H2,24,26,27). The van der Waals surface area contributed by atoms with E-state index < -0.39 is 0 Å². The van der Waals surface area contributed by atoms with Gasteiger partial charge >= 0.3 is 6.03 Å². The first-order valence-electron chi connectivity index (χ1n) is 9.14. The number of halogens is 2. The predicted octanol–water partition coefficient (Wildman–Crippen LogP) is 5.04. The Hall–Kier alpha value is -2.34. The van der Waals surface area contributed by atoms with Crippen LogP contribution in [0, 0.1) is 19.7 Å². The summed E-state index contributed by atoms with van der Waals surface area (Å²) in [6.45, 7) is 3.62. The minimum absolute atomic E-state index is 0.0241. The predicted molar refractivity (Wildman–Crippen MR) is 107 cm³/mol. The van der Waals surface area contributed by atoms with Gasteiger partial charge in [0.1, 0.15) is 5.82 Å². The van der Waals surface area contributed by atoms with E-state index in [1.165, 1.54) is 6.07 Å². The summed E-state index contributed by atoms with van der Waals surface area (Å²) in [5.74, 6) is -0.290. The number of carbonyl (C=O) groups excluding carboxylic acids is 1. The van der Waals surface area contributed by atoms with Gasteiger partial charge in [-0.2, -0.15) is 0 Å². The van der Waals surface area contributed by atoms with E-state index in [1.54, 1.807) is 31.5 Å². The van der Waals surface area contributed by atoms with Crippen LogP contribution in [0.4, 0.5) is 20.6 Å². The van der Waals surface area contributed by atoms with E-state index in [0.29, 0.717) is 16.3 Å². The van der Waals surface area contributed by atoms with Crippen molar-refractivity contribution in [2.24, 2.45) is 0 Å². The van der Waals surface area contributed by atoms with Crippen LogP contribution in [0.25, 0.3) is 0 Å². The van der Waals surface area contributed by atoms with Gasteiger partial charge in [-0.1, -0.05) is 24.4 Å². The first-order chi connectivity index (χ1) is 12.9. The van der Waals surface area contributed by atoms with Gasteiger partial charge in [-0.25, -0.2) is 9.18 Å². The number of aryl methyl sites for hydroxylation is 2. The van der Waals surface area contributed by atoms with Crippen LogP contribution in [0.15, 0.2) is 30.6 Å². The maximum atomic E-state index is 13.4. The molecule has 0 saturated heterocycles. The van der Waals surface area contributed by atoms with Crippen LogP contribution in [0.1, 0.15) is 36.8 Å². The van der Waals surface area contributed by atoms with Crippen molar-refractivity contribution in [1.82, 2.24) is 10.3 Å². The molecule has 1 fully saturated rings. The first-order valence-corrected chi connectivity index (χ1v) is 9.52. The van der Waals surface area contributed by atoms with Gasteiger partial charge in [-0.05, 0) is 56.0 Å². The SMILES string of the molecule is Cc1cc(NC(=O)NC2CCCCC2Nc2c(C)cncc2Cl)ccc1F. The van der Waals surface area contributed by atoms with Crippen molar-refractivity contribution in [3.63, 3.8) is 0 Å². The molecule has 3 N–H and O–H groups in total. The number of anilines is 2. The third-order valence-corrected chi connectivity index (χ3v) is 5.20. The van der Waals surface area contributed by atoms with Crippen LogP contribution < -0.4 is 16.0 Å². The molecule has 0 aliphatic heterocycles. The highest BCUT2D eigenvalue weighted by Gasteiger charge is 2.27. The van der Waals surface area contributed by atoms with E-state index in [4.69, 9.17) is 11.6 Å². The third kappa shape index (κ3) is 4.89. The molecule has 1 aromatic carbocycles. The fraction of sp³-hybridized carbons (Fsp3) is 0.400. The number of pyridine rings is 1. The van der Waals surface area contributed by atoms with Crippen LogP contribution in [0.2, 0.25) is 5.02 Å². The average Bonchev–Trinajstić information content (AvgIpc) is 2.63. The van der Waals surface area contributed by atoms with Gasteiger partial charge < -0.3 is 16.0 Å². The number of benzene rings is 1. The zero-order chi connectivity index (χ0) is 19.4. The summed E-state index contributed by atoms with van der Waals surface area (Å²) in [7, 11) is 0. The minimum Gasteiger partial charge on any atom is -0.379 e. The Morgan fingerprint density at radius 2 is 1.89 bits per heavy atom. The van der Waals surface area contributed by atoms with Crippen LogP contribution in [-0.4, -0.2) is 23.1 Å². The molecule has 27 heavy (non-hydrogen) atoms. The van der Waals surface area contributed by atoms with Crippen molar-refractivity contribution >= 4 is 29.0 Å². The average molecular weight is 391 g/mol. The molecule has 0 bridgehead atoms. The van der Waals surface area contributed by atoms with E-state index >= 15 is 0 Å². The molecule has 0 radical (unpaired) electrons. The number of hydrogen-bond donors (Lipinski definition) is 3. The second-order valence-electron chi connectivity index (χ2n) is 7.02. The quantitative estimate of drug-likeness (QED) is 0.685. The van der Waals surface area contributed by atoms with Crippen molar-refractivity contribution in [2.75, 3.05) is 10.6 Å². The summed E-state index contributed by atoms with van der Waals surface area (Å²) >= 11 is 6.28. The Morgan fingerprint density at radius 3 is 2.59 bits per heavy atom. The molecule has 2 amide bonds. The number of carbonyl (C=O) groups is 1. The lowest BCUT2D eigenvalue weighted by Crippen LogP contribution is -2.49. The van der Waals surface area contributed by atoms with Crippen LogP contribution in [0.5, 0.6) is 0 Å². The molecule has 1 aliphatic rings. The summed E-state index contributed by atoms with van der Waals surface area (Å²) in [4.78, 5) is 16.5. The number of nitrogens with one attached hydrogen (secondary N) is 3. The summed E-state index contributed by atoms with van der Waals surface area (Å²) < 4.78 is 13.4. The van der Waals surface area contributed by atoms with Gasteiger partial charge in [-0.3, -0.25) is 4.98 Å². The molecule has 7 heteroatoms. The molecule has 1 heterocycles. The van der Waals surface area contributed by atoms with E-state index in [0.717, 1.165) is 36.9 Å². The smallest absolute Gasteiger partial charge is 0.319 e. The highest BCUT2D eigenvalue weighted by atomic mass is 35.5. The first kappa shape index (κ1) is 19.4. The second kappa shape index (κ2) is 8.57. The monoisotopic (exact) mass is 390 g/mol. The van der Waals surface area contributed by atoms with Gasteiger partial charge in [0, 0.05) is 24.1 Å². The number of nitrogens with zero attached hydrogens (tertiary/aromatic N) is 1. The van der Waals surface area contributed by atoms with Crippen LogP contribution >= 0.6 is 11.6 Å². The lowest BCUT2D eigenvalue weighted by atomic mass is 9.90. The van der Waals surface area contributed by atoms with E-state index in [-0.39, 0.29) is 23.9 Å². The molecule has 1 saturated carbocycles.